The second-order valence-corrected chi connectivity index (χ2v) is 5.56. The van der Waals surface area contributed by atoms with Gasteiger partial charge in [-0.15, -0.1) is 0 Å². The van der Waals surface area contributed by atoms with Crippen molar-refractivity contribution < 1.29 is 4.92 Å². The molecule has 5 heteroatoms. The number of hydrogen-bond donors (Lipinski definition) is 1. The summed E-state index contributed by atoms with van der Waals surface area (Å²) < 4.78 is 0. The molecule has 1 unspecified atom stereocenters. The highest BCUT2D eigenvalue weighted by molar-refractivity contribution is 7.15. The zero-order valence-corrected chi connectivity index (χ0v) is 10.7. The molecule has 1 N–H and O–H groups in total. The van der Waals surface area contributed by atoms with Gasteiger partial charge in [0, 0.05) is 23.5 Å². The minimum Gasteiger partial charge on any atom is -0.309 e. The van der Waals surface area contributed by atoms with E-state index in [0.717, 1.165) is 11.3 Å². The molecule has 0 fully saturated rings. The fourth-order valence-corrected chi connectivity index (χ4v) is 2.40. The first-order valence-electron chi connectivity index (χ1n) is 5.45. The summed E-state index contributed by atoms with van der Waals surface area (Å²) in [7, 11) is 0. The molecule has 90 valence electrons. The van der Waals surface area contributed by atoms with Crippen molar-refractivity contribution in [1.82, 2.24) is 5.32 Å². The molecule has 4 nitrogen and oxygen atoms in total. The molecule has 0 radical (unpaired) electrons. The van der Waals surface area contributed by atoms with Crippen LogP contribution in [0.25, 0.3) is 0 Å². The van der Waals surface area contributed by atoms with Crippen LogP contribution >= 0.6 is 11.3 Å². The van der Waals surface area contributed by atoms with Crippen LogP contribution in [0.2, 0.25) is 0 Å². The van der Waals surface area contributed by atoms with Crippen LogP contribution in [0, 0.1) is 16.0 Å². The topological polar surface area (TPSA) is 55.2 Å². The SMILES string of the molecule is CC(C)CC(C)NCc1ccc([N+](=O)[O-])s1. The molecule has 1 aromatic rings. The van der Waals surface area contributed by atoms with Crippen LogP contribution in [0.3, 0.4) is 0 Å². The predicted molar refractivity (Wildman–Crippen MR) is 66.7 cm³/mol. The second-order valence-electron chi connectivity index (χ2n) is 4.41. The Labute approximate surface area is 99.8 Å². The van der Waals surface area contributed by atoms with Crippen LogP contribution < -0.4 is 5.32 Å². The zero-order chi connectivity index (χ0) is 12.1. The summed E-state index contributed by atoms with van der Waals surface area (Å²) in [5.41, 5.74) is 0. The van der Waals surface area contributed by atoms with Gasteiger partial charge in [-0.2, -0.15) is 0 Å². The van der Waals surface area contributed by atoms with Crippen LogP contribution in [0.1, 0.15) is 32.1 Å². The van der Waals surface area contributed by atoms with Crippen molar-refractivity contribution in [1.29, 1.82) is 0 Å². The van der Waals surface area contributed by atoms with Gasteiger partial charge in [0.1, 0.15) is 0 Å². The Hall–Kier alpha value is -0.940. The molecule has 1 aromatic heterocycles. The van der Waals surface area contributed by atoms with E-state index < -0.39 is 0 Å². The number of hydrogen-bond acceptors (Lipinski definition) is 4. The highest BCUT2D eigenvalue weighted by atomic mass is 32.1. The summed E-state index contributed by atoms with van der Waals surface area (Å²) in [6.07, 6.45) is 1.12. The Morgan fingerprint density at radius 3 is 2.62 bits per heavy atom. The van der Waals surface area contributed by atoms with E-state index in [9.17, 15) is 10.1 Å². The van der Waals surface area contributed by atoms with Crippen molar-refractivity contribution in [3.05, 3.63) is 27.1 Å². The van der Waals surface area contributed by atoms with Gasteiger partial charge in [-0.1, -0.05) is 25.2 Å². The van der Waals surface area contributed by atoms with E-state index in [4.69, 9.17) is 0 Å². The van der Waals surface area contributed by atoms with Crippen molar-refractivity contribution in [2.24, 2.45) is 5.92 Å². The van der Waals surface area contributed by atoms with Gasteiger partial charge in [0.2, 0.25) is 0 Å². The number of thiophene rings is 1. The summed E-state index contributed by atoms with van der Waals surface area (Å²) in [6.45, 7) is 7.23. The van der Waals surface area contributed by atoms with E-state index in [0.29, 0.717) is 18.5 Å². The van der Waals surface area contributed by atoms with Crippen LogP contribution in [0.5, 0.6) is 0 Å². The minimum atomic E-state index is -0.342. The van der Waals surface area contributed by atoms with E-state index in [-0.39, 0.29) is 9.92 Å². The fourth-order valence-electron chi connectivity index (χ4n) is 1.62. The summed E-state index contributed by atoms with van der Waals surface area (Å²) in [4.78, 5) is 11.2. The Kier molecular flexibility index (Phi) is 4.89. The van der Waals surface area contributed by atoms with E-state index in [1.165, 1.54) is 11.3 Å². The van der Waals surface area contributed by atoms with E-state index in [1.54, 1.807) is 6.07 Å². The Balaban J connectivity index is 2.39. The maximum atomic E-state index is 10.5. The molecule has 0 amide bonds. The summed E-state index contributed by atoms with van der Waals surface area (Å²) in [5, 5.41) is 14.1. The maximum Gasteiger partial charge on any atom is 0.324 e. The third-order valence-corrected chi connectivity index (χ3v) is 3.31. The molecule has 0 aliphatic heterocycles. The molecular weight excluding hydrogens is 224 g/mol. The number of nitrogens with one attached hydrogen (secondary N) is 1. The van der Waals surface area contributed by atoms with E-state index in [2.05, 4.69) is 26.1 Å². The van der Waals surface area contributed by atoms with Gasteiger partial charge >= 0.3 is 5.00 Å². The largest absolute Gasteiger partial charge is 0.324 e. The molecule has 1 atom stereocenters. The second kappa shape index (κ2) is 5.96. The first-order valence-corrected chi connectivity index (χ1v) is 6.27. The lowest BCUT2D eigenvalue weighted by Gasteiger charge is -2.14. The lowest BCUT2D eigenvalue weighted by molar-refractivity contribution is -0.380. The van der Waals surface area contributed by atoms with Gasteiger partial charge < -0.3 is 5.32 Å². The lowest BCUT2D eigenvalue weighted by atomic mass is 10.1. The molecule has 0 saturated heterocycles. The number of nitro groups is 1. The summed E-state index contributed by atoms with van der Waals surface area (Å²) in [6, 6.07) is 3.83. The van der Waals surface area contributed by atoms with Crippen molar-refractivity contribution >= 4 is 16.3 Å². The average Bonchev–Trinajstić information content (AvgIpc) is 2.61. The van der Waals surface area contributed by atoms with E-state index in [1.807, 2.05) is 6.07 Å². The average molecular weight is 242 g/mol. The van der Waals surface area contributed by atoms with Crippen LogP contribution in [-0.2, 0) is 6.54 Å². The molecule has 0 saturated carbocycles. The molecule has 0 aliphatic carbocycles. The molecule has 0 aromatic carbocycles. The van der Waals surface area contributed by atoms with Crippen molar-refractivity contribution in [3.8, 4) is 0 Å². The predicted octanol–water partition coefficient (Wildman–Crippen LogP) is 3.18. The normalized spacial score (nSPS) is 13.0. The maximum absolute atomic E-state index is 10.5. The number of rotatable bonds is 6. The van der Waals surface area contributed by atoms with Crippen molar-refractivity contribution in [3.63, 3.8) is 0 Å². The van der Waals surface area contributed by atoms with Gasteiger partial charge in [0.15, 0.2) is 0 Å². The number of nitrogens with zero attached hydrogens (tertiary/aromatic N) is 1. The first-order chi connectivity index (χ1) is 7.49. The molecule has 0 bridgehead atoms. The molecule has 16 heavy (non-hydrogen) atoms. The fraction of sp³-hybridized carbons (Fsp3) is 0.636. The van der Waals surface area contributed by atoms with Gasteiger partial charge in [-0.25, -0.2) is 0 Å². The highest BCUT2D eigenvalue weighted by Crippen LogP contribution is 2.23. The van der Waals surface area contributed by atoms with Crippen LogP contribution in [-0.4, -0.2) is 11.0 Å². The van der Waals surface area contributed by atoms with Crippen molar-refractivity contribution in [2.45, 2.75) is 39.8 Å². The van der Waals surface area contributed by atoms with Crippen molar-refractivity contribution in [2.75, 3.05) is 0 Å². The highest BCUT2D eigenvalue weighted by Gasteiger charge is 2.10. The minimum absolute atomic E-state index is 0.216. The molecular formula is C11H18N2O2S. The first kappa shape index (κ1) is 13.1. The molecule has 1 rings (SSSR count). The van der Waals surface area contributed by atoms with Crippen LogP contribution in [0.15, 0.2) is 12.1 Å². The lowest BCUT2D eigenvalue weighted by Crippen LogP contribution is -2.26. The zero-order valence-electron chi connectivity index (χ0n) is 9.90. The Morgan fingerprint density at radius 2 is 2.12 bits per heavy atom. The van der Waals surface area contributed by atoms with E-state index >= 15 is 0 Å². The van der Waals surface area contributed by atoms with Crippen LogP contribution in [0.4, 0.5) is 5.00 Å². The van der Waals surface area contributed by atoms with Gasteiger partial charge in [0.05, 0.1) is 4.92 Å². The molecule has 0 aliphatic rings. The third kappa shape index (κ3) is 4.28. The van der Waals surface area contributed by atoms with Gasteiger partial charge in [-0.05, 0) is 25.3 Å². The quantitative estimate of drug-likeness (QED) is 0.615. The third-order valence-electron chi connectivity index (χ3n) is 2.28. The summed E-state index contributed by atoms with van der Waals surface area (Å²) >= 11 is 1.24. The smallest absolute Gasteiger partial charge is 0.309 e. The van der Waals surface area contributed by atoms with Gasteiger partial charge in [-0.3, -0.25) is 10.1 Å². The van der Waals surface area contributed by atoms with Gasteiger partial charge in [0.25, 0.3) is 0 Å². The summed E-state index contributed by atoms with van der Waals surface area (Å²) in [5.74, 6) is 0.667. The molecule has 0 spiro atoms. The Bertz CT molecular complexity index is 350. The monoisotopic (exact) mass is 242 g/mol. The standard InChI is InChI=1S/C11H18N2O2S/c1-8(2)6-9(3)12-7-10-4-5-11(16-10)13(14)15/h4-5,8-9,12H,6-7H2,1-3H3. The Morgan fingerprint density at radius 1 is 1.44 bits per heavy atom. The molecule has 1 heterocycles.